The molecule has 4 N–H and O–H groups in total. The molecule has 0 saturated heterocycles. The predicted molar refractivity (Wildman–Crippen MR) is 46.6 cm³/mol. The van der Waals surface area contributed by atoms with Gasteiger partial charge in [-0.05, 0) is 12.3 Å². The van der Waals surface area contributed by atoms with Crippen LogP contribution < -0.4 is 11.1 Å². The molecule has 0 aromatic carbocycles. The summed E-state index contributed by atoms with van der Waals surface area (Å²) < 4.78 is 0. The zero-order valence-corrected chi connectivity index (χ0v) is 7.04. The van der Waals surface area contributed by atoms with Gasteiger partial charge in [0.05, 0.1) is 0 Å². The topological polar surface area (TPSA) is 79.6 Å². The van der Waals surface area contributed by atoms with Crippen LogP contribution in [0.4, 0.5) is 11.9 Å². The van der Waals surface area contributed by atoms with Crippen molar-refractivity contribution in [3.8, 4) is 0 Å². The fourth-order valence-electron chi connectivity index (χ4n) is 1.38. The first-order valence-electron chi connectivity index (χ1n) is 4.24. The summed E-state index contributed by atoms with van der Waals surface area (Å²) >= 11 is 0. The average molecular weight is 167 g/mol. The number of nitrogen functional groups attached to an aromatic ring is 1. The van der Waals surface area contributed by atoms with Crippen LogP contribution in [-0.4, -0.2) is 21.2 Å². The summed E-state index contributed by atoms with van der Waals surface area (Å²) in [5.41, 5.74) is 5.37. The van der Waals surface area contributed by atoms with Crippen LogP contribution in [0.2, 0.25) is 0 Å². The van der Waals surface area contributed by atoms with Crippen molar-refractivity contribution in [2.45, 2.75) is 25.8 Å². The second-order valence-electron chi connectivity index (χ2n) is 3.20. The molecular weight excluding hydrogens is 154 g/mol. The molecule has 66 valence electrons. The van der Waals surface area contributed by atoms with Crippen molar-refractivity contribution < 1.29 is 0 Å². The van der Waals surface area contributed by atoms with Crippen LogP contribution in [0.25, 0.3) is 0 Å². The van der Waals surface area contributed by atoms with Gasteiger partial charge in [-0.3, -0.25) is 0 Å². The van der Waals surface area contributed by atoms with Gasteiger partial charge in [0.1, 0.15) is 0 Å². The van der Waals surface area contributed by atoms with E-state index in [1.807, 2.05) is 0 Å². The van der Waals surface area contributed by atoms with Crippen molar-refractivity contribution in [3.05, 3.63) is 0 Å². The third-order valence-corrected chi connectivity index (χ3v) is 2.26. The van der Waals surface area contributed by atoms with Gasteiger partial charge in [0.2, 0.25) is 11.9 Å². The number of aromatic nitrogens is 3. The number of aromatic amines is 1. The van der Waals surface area contributed by atoms with Crippen LogP contribution in [0.15, 0.2) is 0 Å². The van der Waals surface area contributed by atoms with Crippen LogP contribution in [0.1, 0.15) is 19.8 Å². The molecule has 0 bridgehead atoms. The lowest BCUT2D eigenvalue weighted by Gasteiger charge is -1.96. The number of nitrogens with two attached hydrogens (primary N) is 1. The summed E-state index contributed by atoms with van der Waals surface area (Å²) in [4.78, 5) is 3.96. The van der Waals surface area contributed by atoms with E-state index in [0.29, 0.717) is 17.9 Å². The number of H-pyrrole nitrogens is 1. The fraction of sp³-hybridized carbons (Fsp3) is 0.714. The Kier molecular flexibility index (Phi) is 1.64. The number of rotatable bonds is 3. The standard InChI is InChI=1S/C7H13N5/c1-2-4-3-5(4)9-7-10-6(8)11-12-7/h4-5H,2-3H2,1H3,(H4,8,9,10,11,12). The number of hydrogen-bond acceptors (Lipinski definition) is 4. The Labute approximate surface area is 70.8 Å². The predicted octanol–water partition coefficient (Wildman–Crippen LogP) is 0.597. The zero-order valence-electron chi connectivity index (χ0n) is 7.04. The summed E-state index contributed by atoms with van der Waals surface area (Å²) in [6, 6.07) is 0.560. The molecule has 2 rings (SSSR count). The lowest BCUT2D eigenvalue weighted by molar-refractivity contribution is 0.771. The number of hydrogen-bond donors (Lipinski definition) is 3. The smallest absolute Gasteiger partial charge is 0.243 e. The first-order valence-corrected chi connectivity index (χ1v) is 4.24. The molecular formula is C7H13N5. The Morgan fingerprint density at radius 3 is 3.08 bits per heavy atom. The third-order valence-electron chi connectivity index (χ3n) is 2.26. The van der Waals surface area contributed by atoms with Crippen LogP contribution in [0.3, 0.4) is 0 Å². The number of anilines is 2. The van der Waals surface area contributed by atoms with Crippen LogP contribution >= 0.6 is 0 Å². The highest BCUT2D eigenvalue weighted by Gasteiger charge is 2.35. The van der Waals surface area contributed by atoms with Gasteiger partial charge >= 0.3 is 0 Å². The minimum atomic E-state index is 0.367. The molecule has 1 saturated carbocycles. The molecule has 0 aliphatic heterocycles. The molecule has 1 fully saturated rings. The van der Waals surface area contributed by atoms with E-state index in [9.17, 15) is 0 Å². The van der Waals surface area contributed by atoms with Crippen LogP contribution in [-0.2, 0) is 0 Å². The van der Waals surface area contributed by atoms with E-state index in [2.05, 4.69) is 27.4 Å². The van der Waals surface area contributed by atoms with Crippen LogP contribution in [0, 0.1) is 5.92 Å². The summed E-state index contributed by atoms with van der Waals surface area (Å²) in [5.74, 6) is 1.78. The molecule has 0 amide bonds. The fourth-order valence-corrected chi connectivity index (χ4v) is 1.38. The van der Waals surface area contributed by atoms with Gasteiger partial charge in [-0.25, -0.2) is 5.10 Å². The minimum Gasteiger partial charge on any atom is -0.368 e. The highest BCUT2D eigenvalue weighted by atomic mass is 15.3. The third kappa shape index (κ3) is 1.34. The van der Waals surface area contributed by atoms with Gasteiger partial charge in [-0.1, -0.05) is 13.3 Å². The maximum atomic E-state index is 5.37. The minimum absolute atomic E-state index is 0.367. The van der Waals surface area contributed by atoms with Crippen molar-refractivity contribution in [1.82, 2.24) is 15.2 Å². The van der Waals surface area contributed by atoms with E-state index in [1.54, 1.807) is 0 Å². The zero-order chi connectivity index (χ0) is 8.55. The average Bonchev–Trinajstić information content (AvgIpc) is 2.67. The molecule has 0 radical (unpaired) electrons. The molecule has 5 nitrogen and oxygen atoms in total. The first-order chi connectivity index (χ1) is 5.79. The maximum absolute atomic E-state index is 5.37. The number of nitrogens with zero attached hydrogens (tertiary/aromatic N) is 2. The maximum Gasteiger partial charge on any atom is 0.243 e. The van der Waals surface area contributed by atoms with E-state index < -0.39 is 0 Å². The lowest BCUT2D eigenvalue weighted by Crippen LogP contribution is -2.05. The molecule has 12 heavy (non-hydrogen) atoms. The van der Waals surface area contributed by atoms with Gasteiger partial charge in [0.15, 0.2) is 0 Å². The Morgan fingerprint density at radius 1 is 1.75 bits per heavy atom. The van der Waals surface area contributed by atoms with Crippen molar-refractivity contribution >= 4 is 11.9 Å². The summed E-state index contributed by atoms with van der Waals surface area (Å²) in [5, 5.41) is 9.69. The highest BCUT2D eigenvalue weighted by Crippen LogP contribution is 2.35. The summed E-state index contributed by atoms with van der Waals surface area (Å²) in [6.45, 7) is 2.19. The van der Waals surface area contributed by atoms with Crippen LogP contribution in [0.5, 0.6) is 0 Å². The molecule has 1 heterocycles. The Balaban J connectivity index is 1.89. The van der Waals surface area contributed by atoms with Gasteiger partial charge in [0, 0.05) is 6.04 Å². The van der Waals surface area contributed by atoms with Crippen molar-refractivity contribution in [3.63, 3.8) is 0 Å². The highest BCUT2D eigenvalue weighted by molar-refractivity contribution is 5.33. The summed E-state index contributed by atoms with van der Waals surface area (Å²) in [6.07, 6.45) is 2.45. The lowest BCUT2D eigenvalue weighted by atomic mass is 10.3. The van der Waals surface area contributed by atoms with Gasteiger partial charge < -0.3 is 11.1 Å². The molecule has 0 spiro atoms. The monoisotopic (exact) mass is 167 g/mol. The molecule has 1 aliphatic rings. The van der Waals surface area contributed by atoms with Gasteiger partial charge in [0.25, 0.3) is 0 Å². The Bertz CT molecular complexity index is 269. The van der Waals surface area contributed by atoms with E-state index in [-0.39, 0.29) is 0 Å². The Morgan fingerprint density at radius 2 is 2.58 bits per heavy atom. The normalized spacial score (nSPS) is 27.1. The number of nitrogens with one attached hydrogen (secondary N) is 2. The molecule has 1 aliphatic carbocycles. The second kappa shape index (κ2) is 2.66. The Hall–Kier alpha value is -1.26. The SMILES string of the molecule is CCC1CC1Nc1n[nH]c(N)n1. The van der Waals surface area contributed by atoms with E-state index in [4.69, 9.17) is 5.73 Å². The van der Waals surface area contributed by atoms with Crippen molar-refractivity contribution in [2.24, 2.45) is 5.92 Å². The van der Waals surface area contributed by atoms with Crippen molar-refractivity contribution in [1.29, 1.82) is 0 Å². The van der Waals surface area contributed by atoms with E-state index in [1.165, 1.54) is 12.8 Å². The quantitative estimate of drug-likeness (QED) is 0.615. The molecule has 2 unspecified atom stereocenters. The second-order valence-corrected chi connectivity index (χ2v) is 3.20. The van der Waals surface area contributed by atoms with Gasteiger partial charge in [-0.15, -0.1) is 5.10 Å². The molecule has 2 atom stereocenters. The van der Waals surface area contributed by atoms with E-state index in [0.717, 1.165) is 5.92 Å². The molecule has 5 heteroatoms. The largest absolute Gasteiger partial charge is 0.368 e. The van der Waals surface area contributed by atoms with E-state index >= 15 is 0 Å². The molecule has 1 aromatic rings. The summed E-state index contributed by atoms with van der Waals surface area (Å²) in [7, 11) is 0. The first kappa shape index (κ1) is 7.39. The molecule has 1 aromatic heterocycles. The van der Waals surface area contributed by atoms with Crippen molar-refractivity contribution in [2.75, 3.05) is 11.1 Å². The van der Waals surface area contributed by atoms with Gasteiger partial charge in [-0.2, -0.15) is 4.98 Å².